The SMILES string of the molecule is O=C(O)[C@@H]1CCCCN1C(=O)c1cc(Cl)ncc1Cl. The van der Waals surface area contributed by atoms with Crippen molar-refractivity contribution in [2.24, 2.45) is 0 Å². The predicted octanol–water partition coefficient (Wildman–Crippen LogP) is 2.47. The van der Waals surface area contributed by atoms with Crippen LogP contribution >= 0.6 is 23.2 Å². The molecule has 1 atom stereocenters. The minimum Gasteiger partial charge on any atom is -0.480 e. The van der Waals surface area contributed by atoms with E-state index in [9.17, 15) is 9.59 Å². The highest BCUT2D eigenvalue weighted by atomic mass is 35.5. The Hall–Kier alpha value is -1.33. The molecular weight excluding hydrogens is 291 g/mol. The van der Waals surface area contributed by atoms with E-state index < -0.39 is 17.9 Å². The number of amides is 1. The zero-order chi connectivity index (χ0) is 14.0. The van der Waals surface area contributed by atoms with Crippen molar-refractivity contribution in [3.8, 4) is 0 Å². The molecule has 1 aliphatic rings. The summed E-state index contributed by atoms with van der Waals surface area (Å²) < 4.78 is 0. The molecular formula is C12H12Cl2N2O3. The summed E-state index contributed by atoms with van der Waals surface area (Å²) in [6, 6.07) is 0.559. The molecule has 1 aromatic rings. The van der Waals surface area contributed by atoms with Gasteiger partial charge in [-0.05, 0) is 25.3 Å². The first-order valence-corrected chi connectivity index (χ1v) is 6.61. The maximum atomic E-state index is 12.4. The topological polar surface area (TPSA) is 70.5 Å². The quantitative estimate of drug-likeness (QED) is 0.852. The average Bonchev–Trinajstić information content (AvgIpc) is 2.40. The molecule has 1 N–H and O–H groups in total. The van der Waals surface area contributed by atoms with Crippen molar-refractivity contribution in [3.05, 3.63) is 28.0 Å². The molecule has 1 amide bonds. The number of pyridine rings is 1. The van der Waals surface area contributed by atoms with Gasteiger partial charge in [-0.2, -0.15) is 0 Å². The monoisotopic (exact) mass is 302 g/mol. The van der Waals surface area contributed by atoms with Crippen molar-refractivity contribution < 1.29 is 14.7 Å². The second-order valence-corrected chi connectivity index (χ2v) is 5.13. The number of carbonyl (C=O) groups is 2. The number of carbonyl (C=O) groups excluding carboxylic acids is 1. The minimum atomic E-state index is -0.996. The zero-order valence-electron chi connectivity index (χ0n) is 9.97. The molecule has 7 heteroatoms. The third-order valence-electron chi connectivity index (χ3n) is 3.10. The van der Waals surface area contributed by atoms with Crippen LogP contribution < -0.4 is 0 Å². The van der Waals surface area contributed by atoms with Crippen molar-refractivity contribution in [2.75, 3.05) is 6.54 Å². The molecule has 0 aromatic carbocycles. The zero-order valence-corrected chi connectivity index (χ0v) is 11.5. The number of hydrogen-bond donors (Lipinski definition) is 1. The first kappa shape index (κ1) is 14.1. The van der Waals surface area contributed by atoms with Gasteiger partial charge < -0.3 is 10.0 Å². The van der Waals surface area contributed by atoms with Crippen LogP contribution in [0.4, 0.5) is 0 Å². The van der Waals surface area contributed by atoms with E-state index in [1.54, 1.807) is 0 Å². The molecule has 1 saturated heterocycles. The third-order valence-corrected chi connectivity index (χ3v) is 3.61. The molecule has 0 spiro atoms. The second-order valence-electron chi connectivity index (χ2n) is 4.34. The molecule has 1 aromatic heterocycles. The second kappa shape index (κ2) is 5.75. The van der Waals surface area contributed by atoms with Gasteiger partial charge in [0.15, 0.2) is 0 Å². The fourth-order valence-corrected chi connectivity index (χ4v) is 2.51. The number of carboxylic acids is 1. The van der Waals surface area contributed by atoms with E-state index in [1.807, 2.05) is 0 Å². The minimum absolute atomic E-state index is 0.150. The highest BCUT2D eigenvalue weighted by molar-refractivity contribution is 6.35. The van der Waals surface area contributed by atoms with Gasteiger partial charge in [-0.25, -0.2) is 9.78 Å². The Kier molecular flexibility index (Phi) is 4.27. The summed E-state index contributed by atoms with van der Waals surface area (Å²) in [7, 11) is 0. The molecule has 0 radical (unpaired) electrons. The number of piperidine rings is 1. The van der Waals surface area contributed by atoms with Crippen LogP contribution in [-0.2, 0) is 4.79 Å². The maximum Gasteiger partial charge on any atom is 0.326 e. The van der Waals surface area contributed by atoms with Gasteiger partial charge in [0.25, 0.3) is 5.91 Å². The van der Waals surface area contributed by atoms with Gasteiger partial charge >= 0.3 is 5.97 Å². The third kappa shape index (κ3) is 2.98. The molecule has 102 valence electrons. The van der Waals surface area contributed by atoms with Crippen molar-refractivity contribution in [1.82, 2.24) is 9.88 Å². The summed E-state index contributed by atoms with van der Waals surface area (Å²) in [5.41, 5.74) is 0.190. The van der Waals surface area contributed by atoms with Crippen LogP contribution in [0, 0.1) is 0 Å². The number of nitrogens with zero attached hydrogens (tertiary/aromatic N) is 2. The fraction of sp³-hybridized carbons (Fsp3) is 0.417. The first-order valence-electron chi connectivity index (χ1n) is 5.85. The van der Waals surface area contributed by atoms with E-state index >= 15 is 0 Å². The summed E-state index contributed by atoms with van der Waals surface area (Å²) in [6.07, 6.45) is 3.33. The van der Waals surface area contributed by atoms with E-state index in [1.165, 1.54) is 17.2 Å². The molecule has 2 heterocycles. The van der Waals surface area contributed by atoms with E-state index in [2.05, 4.69) is 4.98 Å². The lowest BCUT2D eigenvalue weighted by atomic mass is 10.0. The Labute approximate surface area is 120 Å². The van der Waals surface area contributed by atoms with E-state index in [0.717, 1.165) is 12.8 Å². The molecule has 1 fully saturated rings. The lowest BCUT2D eigenvalue weighted by Crippen LogP contribution is -2.48. The van der Waals surface area contributed by atoms with Gasteiger partial charge in [0.1, 0.15) is 11.2 Å². The molecule has 5 nitrogen and oxygen atoms in total. The number of hydrogen-bond acceptors (Lipinski definition) is 3. The number of aliphatic carboxylic acids is 1. The summed E-state index contributed by atoms with van der Waals surface area (Å²) in [6.45, 7) is 0.409. The smallest absolute Gasteiger partial charge is 0.326 e. The van der Waals surface area contributed by atoms with Gasteiger partial charge in [-0.15, -0.1) is 0 Å². The Morgan fingerprint density at radius 1 is 1.37 bits per heavy atom. The normalized spacial score (nSPS) is 19.3. The number of rotatable bonds is 2. The van der Waals surface area contributed by atoms with Crippen LogP contribution in [-0.4, -0.2) is 39.5 Å². The van der Waals surface area contributed by atoms with Gasteiger partial charge in [-0.3, -0.25) is 4.79 Å². The molecule has 0 bridgehead atoms. The van der Waals surface area contributed by atoms with Crippen LogP contribution in [0.5, 0.6) is 0 Å². The number of likely N-dealkylation sites (tertiary alicyclic amines) is 1. The lowest BCUT2D eigenvalue weighted by Gasteiger charge is -2.33. The van der Waals surface area contributed by atoms with Crippen molar-refractivity contribution >= 4 is 35.1 Å². The summed E-state index contributed by atoms with van der Waals surface area (Å²) in [5, 5.41) is 9.48. The number of aromatic nitrogens is 1. The van der Waals surface area contributed by atoms with Crippen molar-refractivity contribution in [2.45, 2.75) is 25.3 Å². The van der Waals surface area contributed by atoms with Gasteiger partial charge in [0.05, 0.1) is 10.6 Å². The fourth-order valence-electron chi connectivity index (χ4n) is 2.16. The van der Waals surface area contributed by atoms with E-state index in [4.69, 9.17) is 28.3 Å². The van der Waals surface area contributed by atoms with Crippen molar-refractivity contribution in [3.63, 3.8) is 0 Å². The maximum absolute atomic E-state index is 12.4. The summed E-state index contributed by atoms with van der Waals surface area (Å²) in [4.78, 5) is 28.7. The Balaban J connectivity index is 2.31. The average molecular weight is 303 g/mol. The lowest BCUT2D eigenvalue weighted by molar-refractivity contribution is -0.143. The Bertz CT molecular complexity index is 522. The molecule has 2 rings (SSSR count). The largest absolute Gasteiger partial charge is 0.480 e. The van der Waals surface area contributed by atoms with Crippen LogP contribution in [0.15, 0.2) is 12.3 Å². The van der Waals surface area contributed by atoms with Crippen molar-refractivity contribution in [1.29, 1.82) is 0 Å². The van der Waals surface area contributed by atoms with Gasteiger partial charge in [0, 0.05) is 12.7 Å². The van der Waals surface area contributed by atoms with Crippen LogP contribution in [0.3, 0.4) is 0 Å². The Morgan fingerprint density at radius 2 is 2.11 bits per heavy atom. The molecule has 19 heavy (non-hydrogen) atoms. The van der Waals surface area contributed by atoms with E-state index in [0.29, 0.717) is 13.0 Å². The molecule has 0 saturated carbocycles. The molecule has 1 aliphatic heterocycles. The summed E-state index contributed by atoms with van der Waals surface area (Å²) >= 11 is 11.7. The first-order chi connectivity index (χ1) is 9.00. The van der Waals surface area contributed by atoms with E-state index in [-0.39, 0.29) is 15.7 Å². The number of carboxylic acid groups (broad SMARTS) is 1. The van der Waals surface area contributed by atoms with Gasteiger partial charge in [-0.1, -0.05) is 23.2 Å². The predicted molar refractivity (Wildman–Crippen MR) is 70.6 cm³/mol. The van der Waals surface area contributed by atoms with Crippen LogP contribution in [0.1, 0.15) is 29.6 Å². The highest BCUT2D eigenvalue weighted by Gasteiger charge is 2.33. The standard InChI is InChI=1S/C12H12Cl2N2O3/c13-8-6-15-10(14)5-7(8)11(17)16-4-2-1-3-9(16)12(18)19/h5-6,9H,1-4H2,(H,18,19)/t9-/m0/s1. The summed E-state index contributed by atoms with van der Waals surface area (Å²) in [5.74, 6) is -1.41. The van der Waals surface area contributed by atoms with Gasteiger partial charge in [0.2, 0.25) is 0 Å². The number of halogens is 2. The molecule has 0 unspecified atom stereocenters. The molecule has 0 aliphatic carbocycles. The Morgan fingerprint density at radius 3 is 2.79 bits per heavy atom. The highest BCUT2D eigenvalue weighted by Crippen LogP contribution is 2.24. The van der Waals surface area contributed by atoms with Crippen LogP contribution in [0.2, 0.25) is 10.2 Å². The van der Waals surface area contributed by atoms with Crippen LogP contribution in [0.25, 0.3) is 0 Å².